The van der Waals surface area contributed by atoms with Crippen molar-refractivity contribution >= 4 is 61.5 Å². The van der Waals surface area contributed by atoms with E-state index in [2.05, 4.69) is 31.9 Å². The second kappa shape index (κ2) is 6.33. The van der Waals surface area contributed by atoms with Crippen molar-refractivity contribution in [2.24, 2.45) is 0 Å². The minimum atomic E-state index is -0.949. The molecule has 0 saturated carbocycles. The number of hydrogen-bond acceptors (Lipinski definition) is 4. The molecule has 1 aliphatic heterocycles. The molecule has 2 heterocycles. The van der Waals surface area contributed by atoms with Gasteiger partial charge in [-0.25, -0.2) is 14.1 Å². The number of carbonyl (C=O) groups excluding carboxylic acids is 3. The second-order valence-corrected chi connectivity index (χ2v) is 6.28. The first-order valence-corrected chi connectivity index (χ1v) is 8.07. The molecular weight excluding hydrogens is 451 g/mol. The first-order chi connectivity index (χ1) is 11.4. The molecule has 6 nitrogen and oxygen atoms in total. The lowest BCUT2D eigenvalue weighted by Gasteiger charge is -2.26. The highest BCUT2D eigenvalue weighted by atomic mass is 79.9. The Hall–Kier alpha value is -2.26. The maximum absolute atomic E-state index is 13.4. The van der Waals surface area contributed by atoms with Gasteiger partial charge in [-0.05, 0) is 62.2 Å². The van der Waals surface area contributed by atoms with E-state index in [-0.39, 0.29) is 17.0 Å². The van der Waals surface area contributed by atoms with E-state index in [0.29, 0.717) is 14.0 Å². The fourth-order valence-corrected chi connectivity index (χ4v) is 2.69. The van der Waals surface area contributed by atoms with Crippen molar-refractivity contribution in [3.8, 4) is 0 Å². The van der Waals surface area contributed by atoms with Gasteiger partial charge in [-0.3, -0.25) is 14.9 Å². The van der Waals surface area contributed by atoms with Crippen LogP contribution in [0.25, 0.3) is 6.08 Å². The summed E-state index contributed by atoms with van der Waals surface area (Å²) in [4.78, 5) is 37.2. The molecule has 1 aromatic heterocycles. The van der Waals surface area contributed by atoms with Crippen LogP contribution in [0.4, 0.5) is 14.9 Å². The second-order valence-electron chi connectivity index (χ2n) is 4.71. The van der Waals surface area contributed by atoms with E-state index in [1.54, 1.807) is 6.07 Å². The lowest BCUT2D eigenvalue weighted by Crippen LogP contribution is -2.54. The summed E-state index contributed by atoms with van der Waals surface area (Å²) < 4.78 is 19.6. The Bertz CT molecular complexity index is 887. The zero-order valence-electron chi connectivity index (χ0n) is 11.7. The van der Waals surface area contributed by atoms with E-state index in [4.69, 9.17) is 4.42 Å². The molecule has 0 atom stereocenters. The number of halogens is 3. The monoisotopic (exact) mass is 456 g/mol. The van der Waals surface area contributed by atoms with E-state index in [1.165, 1.54) is 24.3 Å². The molecule has 0 unspecified atom stereocenters. The number of urea groups is 1. The van der Waals surface area contributed by atoms with Gasteiger partial charge in [0.1, 0.15) is 17.2 Å². The Morgan fingerprint density at radius 3 is 2.54 bits per heavy atom. The molecule has 2 aromatic rings. The zero-order chi connectivity index (χ0) is 17.4. The molecule has 0 radical (unpaired) electrons. The van der Waals surface area contributed by atoms with Crippen molar-refractivity contribution in [2.45, 2.75) is 0 Å². The Balaban J connectivity index is 2.03. The number of anilines is 1. The Kier molecular flexibility index (Phi) is 4.37. The summed E-state index contributed by atoms with van der Waals surface area (Å²) >= 11 is 6.36. The van der Waals surface area contributed by atoms with Gasteiger partial charge in [-0.2, -0.15) is 0 Å². The van der Waals surface area contributed by atoms with E-state index in [9.17, 15) is 18.8 Å². The highest BCUT2D eigenvalue weighted by molar-refractivity contribution is 9.13. The maximum Gasteiger partial charge on any atom is 0.335 e. The van der Waals surface area contributed by atoms with E-state index in [0.717, 1.165) is 6.07 Å². The topological polar surface area (TPSA) is 79.6 Å². The minimum absolute atomic E-state index is 0.0118. The van der Waals surface area contributed by atoms with Crippen LogP contribution in [-0.2, 0) is 9.59 Å². The van der Waals surface area contributed by atoms with E-state index < -0.39 is 23.7 Å². The van der Waals surface area contributed by atoms with Gasteiger partial charge in [0.05, 0.1) is 10.2 Å². The van der Waals surface area contributed by atoms with Crippen molar-refractivity contribution in [3.63, 3.8) is 0 Å². The van der Waals surface area contributed by atoms with Crippen LogP contribution in [0.2, 0.25) is 0 Å². The summed E-state index contributed by atoms with van der Waals surface area (Å²) in [6.45, 7) is 0. The molecule has 1 fully saturated rings. The number of hydrogen-bond donors (Lipinski definition) is 1. The first-order valence-electron chi connectivity index (χ1n) is 6.48. The molecule has 1 saturated heterocycles. The molecular formula is C15H7Br2FN2O4. The smallest absolute Gasteiger partial charge is 0.335 e. The molecule has 0 spiro atoms. The van der Waals surface area contributed by atoms with Crippen LogP contribution < -0.4 is 10.2 Å². The van der Waals surface area contributed by atoms with Gasteiger partial charge < -0.3 is 4.42 Å². The SMILES string of the molecule is O=C1NC(=O)N(c2cccc(F)c2)C(=O)/C1=C/c1cc(Br)c(Br)o1. The average molecular weight is 458 g/mol. The Morgan fingerprint density at radius 2 is 1.92 bits per heavy atom. The molecule has 1 aliphatic rings. The van der Waals surface area contributed by atoms with Gasteiger partial charge in [0.15, 0.2) is 4.67 Å². The molecule has 4 amide bonds. The van der Waals surface area contributed by atoms with Crippen molar-refractivity contribution in [1.29, 1.82) is 0 Å². The van der Waals surface area contributed by atoms with Gasteiger partial charge in [0.25, 0.3) is 11.8 Å². The van der Waals surface area contributed by atoms with Crippen LogP contribution in [0, 0.1) is 5.82 Å². The van der Waals surface area contributed by atoms with Crippen LogP contribution in [0.15, 0.2) is 49.5 Å². The molecule has 9 heteroatoms. The molecule has 1 N–H and O–H groups in total. The number of rotatable bonds is 2. The molecule has 0 bridgehead atoms. The summed E-state index contributed by atoms with van der Waals surface area (Å²) in [7, 11) is 0. The van der Waals surface area contributed by atoms with Gasteiger partial charge in [0.2, 0.25) is 0 Å². The van der Waals surface area contributed by atoms with E-state index in [1.807, 2.05) is 5.32 Å². The summed E-state index contributed by atoms with van der Waals surface area (Å²) in [5.41, 5.74) is -0.301. The number of amides is 4. The van der Waals surface area contributed by atoms with Crippen molar-refractivity contribution < 1.29 is 23.2 Å². The molecule has 122 valence electrons. The summed E-state index contributed by atoms with van der Waals surface area (Å²) in [6.07, 6.45) is 1.20. The fraction of sp³-hybridized carbons (Fsp3) is 0. The largest absolute Gasteiger partial charge is 0.449 e. The van der Waals surface area contributed by atoms with Crippen molar-refractivity contribution in [3.05, 3.63) is 56.6 Å². The quantitative estimate of drug-likeness (QED) is 0.551. The Morgan fingerprint density at radius 1 is 1.17 bits per heavy atom. The predicted molar refractivity (Wildman–Crippen MR) is 89.5 cm³/mol. The third-order valence-corrected chi connectivity index (χ3v) is 4.83. The standard InChI is InChI=1S/C15H7Br2FN2O4/c16-11-6-9(24-12(11)17)5-10-13(21)19-15(23)20(14(10)22)8-3-1-2-7(18)4-8/h1-6H,(H,19,21,23)/b10-5+. The number of barbiturate groups is 1. The molecule has 0 aliphatic carbocycles. The highest BCUT2D eigenvalue weighted by Gasteiger charge is 2.37. The third kappa shape index (κ3) is 3.04. The fourth-order valence-electron chi connectivity index (χ4n) is 2.08. The summed E-state index contributed by atoms with van der Waals surface area (Å²) in [5.74, 6) is -2.13. The lowest BCUT2D eigenvalue weighted by molar-refractivity contribution is -0.122. The van der Waals surface area contributed by atoms with Gasteiger partial charge in [-0.1, -0.05) is 6.07 Å². The molecule has 1 aromatic carbocycles. The van der Waals surface area contributed by atoms with Gasteiger partial charge in [-0.15, -0.1) is 0 Å². The summed E-state index contributed by atoms with van der Waals surface area (Å²) in [6, 6.07) is 5.52. The minimum Gasteiger partial charge on any atom is -0.449 e. The van der Waals surface area contributed by atoms with Crippen LogP contribution in [0.3, 0.4) is 0 Å². The third-order valence-electron chi connectivity index (χ3n) is 3.12. The normalized spacial score (nSPS) is 16.7. The van der Waals surface area contributed by atoms with Gasteiger partial charge in [0, 0.05) is 0 Å². The Labute approximate surface area is 151 Å². The average Bonchev–Trinajstić information content (AvgIpc) is 2.82. The number of carbonyl (C=O) groups is 3. The number of nitrogens with one attached hydrogen (secondary N) is 1. The predicted octanol–water partition coefficient (Wildman–Crippen LogP) is 3.61. The summed E-state index contributed by atoms with van der Waals surface area (Å²) in [5, 5.41) is 2.04. The number of imide groups is 2. The number of furan rings is 1. The molecule has 3 rings (SSSR count). The van der Waals surface area contributed by atoms with Crippen LogP contribution in [0.1, 0.15) is 5.76 Å². The lowest BCUT2D eigenvalue weighted by atomic mass is 10.1. The van der Waals surface area contributed by atoms with Crippen molar-refractivity contribution in [2.75, 3.05) is 4.90 Å². The highest BCUT2D eigenvalue weighted by Crippen LogP contribution is 2.29. The van der Waals surface area contributed by atoms with Crippen LogP contribution >= 0.6 is 31.9 Å². The molecule has 24 heavy (non-hydrogen) atoms. The van der Waals surface area contributed by atoms with Crippen LogP contribution in [-0.4, -0.2) is 17.8 Å². The zero-order valence-corrected chi connectivity index (χ0v) is 14.9. The van der Waals surface area contributed by atoms with Crippen molar-refractivity contribution in [1.82, 2.24) is 5.32 Å². The first kappa shape index (κ1) is 16.6. The van der Waals surface area contributed by atoms with E-state index >= 15 is 0 Å². The van der Waals surface area contributed by atoms with Gasteiger partial charge >= 0.3 is 6.03 Å². The van der Waals surface area contributed by atoms with Crippen LogP contribution in [0.5, 0.6) is 0 Å². The number of benzene rings is 1. The maximum atomic E-state index is 13.4. The number of nitrogens with zero attached hydrogens (tertiary/aromatic N) is 1.